The van der Waals surface area contributed by atoms with Gasteiger partial charge in [0.1, 0.15) is 12.6 Å². The molecule has 0 aromatic carbocycles. The summed E-state index contributed by atoms with van der Waals surface area (Å²) in [5.41, 5.74) is -1.15. The lowest BCUT2D eigenvalue weighted by molar-refractivity contribution is -0.143. The fraction of sp³-hybridized carbons (Fsp3) is 0.500. The third kappa shape index (κ3) is 2.79. The zero-order chi connectivity index (χ0) is 14.7. The molecule has 2 heterocycles. The van der Waals surface area contributed by atoms with Gasteiger partial charge in [-0.15, -0.1) is 0 Å². The molecule has 2 amide bonds. The highest BCUT2D eigenvalue weighted by atomic mass is 16.2. The number of aromatic amines is 1. The van der Waals surface area contributed by atoms with E-state index in [9.17, 15) is 19.2 Å². The van der Waals surface area contributed by atoms with Gasteiger partial charge in [-0.1, -0.05) is 6.92 Å². The molecule has 2 rings (SSSR count). The number of nitrogens with one attached hydrogen (secondary N) is 2. The van der Waals surface area contributed by atoms with Gasteiger partial charge in [0.25, 0.3) is 5.56 Å². The van der Waals surface area contributed by atoms with Gasteiger partial charge in [0, 0.05) is 25.4 Å². The Morgan fingerprint density at radius 1 is 1.40 bits per heavy atom. The first kappa shape index (κ1) is 14.0. The molecule has 0 bridgehead atoms. The molecule has 1 fully saturated rings. The van der Waals surface area contributed by atoms with Crippen LogP contribution in [0.4, 0.5) is 0 Å². The van der Waals surface area contributed by atoms with Crippen molar-refractivity contribution >= 4 is 11.8 Å². The molecule has 2 N–H and O–H groups in total. The molecule has 8 heteroatoms. The first-order valence-corrected chi connectivity index (χ1v) is 6.40. The first-order valence-electron chi connectivity index (χ1n) is 6.40. The van der Waals surface area contributed by atoms with Gasteiger partial charge in [0.05, 0.1) is 0 Å². The lowest BCUT2D eigenvalue weighted by Gasteiger charge is -2.34. The van der Waals surface area contributed by atoms with E-state index in [0.717, 1.165) is 4.57 Å². The molecule has 1 saturated heterocycles. The summed E-state index contributed by atoms with van der Waals surface area (Å²) >= 11 is 0. The third-order valence-electron chi connectivity index (χ3n) is 3.24. The van der Waals surface area contributed by atoms with Crippen molar-refractivity contribution in [2.45, 2.75) is 25.9 Å². The largest absolute Gasteiger partial charge is 0.353 e. The second-order valence-corrected chi connectivity index (χ2v) is 4.54. The van der Waals surface area contributed by atoms with E-state index in [1.807, 2.05) is 6.92 Å². The Kier molecular flexibility index (Phi) is 4.02. The minimum absolute atomic E-state index is 0.180. The van der Waals surface area contributed by atoms with Crippen LogP contribution in [0.5, 0.6) is 0 Å². The SMILES string of the molecule is CCC1C(=O)NCCN1C(=O)Cn1ccc(=O)[nH]c1=O. The average Bonchev–Trinajstić information content (AvgIpc) is 2.41. The average molecular weight is 280 g/mol. The molecule has 0 spiro atoms. The van der Waals surface area contributed by atoms with Crippen LogP contribution in [0.1, 0.15) is 13.3 Å². The monoisotopic (exact) mass is 280 g/mol. The highest BCUT2D eigenvalue weighted by Crippen LogP contribution is 2.09. The molecule has 1 aromatic heterocycles. The summed E-state index contributed by atoms with van der Waals surface area (Å²) in [6.45, 7) is 2.45. The number of aromatic nitrogens is 2. The van der Waals surface area contributed by atoms with Gasteiger partial charge in [-0.3, -0.25) is 23.9 Å². The van der Waals surface area contributed by atoms with Gasteiger partial charge in [-0.05, 0) is 6.42 Å². The first-order chi connectivity index (χ1) is 9.52. The fourth-order valence-electron chi connectivity index (χ4n) is 2.22. The van der Waals surface area contributed by atoms with Crippen molar-refractivity contribution in [1.29, 1.82) is 0 Å². The van der Waals surface area contributed by atoms with E-state index in [1.165, 1.54) is 17.2 Å². The van der Waals surface area contributed by atoms with E-state index in [4.69, 9.17) is 0 Å². The molecule has 0 saturated carbocycles. The van der Waals surface area contributed by atoms with Crippen LogP contribution in [0.3, 0.4) is 0 Å². The summed E-state index contributed by atoms with van der Waals surface area (Å²) in [5, 5.41) is 2.70. The normalized spacial score (nSPS) is 18.8. The number of H-pyrrole nitrogens is 1. The number of nitrogens with zero attached hydrogens (tertiary/aromatic N) is 2. The zero-order valence-electron chi connectivity index (χ0n) is 11.1. The molecule has 1 atom stereocenters. The third-order valence-corrected chi connectivity index (χ3v) is 3.24. The summed E-state index contributed by atoms with van der Waals surface area (Å²) in [6, 6.07) is 0.671. The number of piperazine rings is 1. The molecule has 1 aliphatic rings. The van der Waals surface area contributed by atoms with Crippen molar-refractivity contribution in [3.8, 4) is 0 Å². The number of hydrogen-bond donors (Lipinski definition) is 2. The molecule has 108 valence electrons. The molecule has 20 heavy (non-hydrogen) atoms. The van der Waals surface area contributed by atoms with Crippen LogP contribution in [0, 0.1) is 0 Å². The standard InChI is InChI=1S/C12H16N4O4/c1-2-8-11(19)13-4-6-16(8)10(18)7-15-5-3-9(17)14-12(15)20/h3,5,8H,2,4,6-7H2,1H3,(H,13,19)(H,14,17,20). The van der Waals surface area contributed by atoms with E-state index in [1.54, 1.807) is 0 Å². The lowest BCUT2D eigenvalue weighted by atomic mass is 10.1. The Labute approximate surface area is 114 Å². The van der Waals surface area contributed by atoms with Gasteiger partial charge in [0.15, 0.2) is 0 Å². The Balaban J connectivity index is 2.16. The smallest absolute Gasteiger partial charge is 0.328 e. The quantitative estimate of drug-likeness (QED) is 0.686. The van der Waals surface area contributed by atoms with Crippen molar-refractivity contribution in [1.82, 2.24) is 19.8 Å². The van der Waals surface area contributed by atoms with Gasteiger partial charge >= 0.3 is 5.69 Å². The molecule has 8 nitrogen and oxygen atoms in total. The molecule has 1 aromatic rings. The van der Waals surface area contributed by atoms with Crippen molar-refractivity contribution in [3.63, 3.8) is 0 Å². The molecule has 1 aliphatic heterocycles. The molecule has 1 unspecified atom stereocenters. The summed E-state index contributed by atoms with van der Waals surface area (Å²) in [6.07, 6.45) is 1.78. The van der Waals surface area contributed by atoms with Gasteiger partial charge in [-0.2, -0.15) is 0 Å². The Bertz CT molecular complexity index is 633. The Hall–Kier alpha value is -2.38. The highest BCUT2D eigenvalue weighted by molar-refractivity contribution is 5.88. The maximum atomic E-state index is 12.2. The van der Waals surface area contributed by atoms with Crippen LogP contribution in [-0.2, 0) is 16.1 Å². The highest BCUT2D eigenvalue weighted by Gasteiger charge is 2.31. The minimum atomic E-state index is -0.639. The van der Waals surface area contributed by atoms with E-state index >= 15 is 0 Å². The number of rotatable bonds is 3. The maximum absolute atomic E-state index is 12.2. The van der Waals surface area contributed by atoms with Gasteiger partial charge < -0.3 is 10.2 Å². The Morgan fingerprint density at radius 2 is 2.15 bits per heavy atom. The molecular weight excluding hydrogens is 264 g/mol. The topological polar surface area (TPSA) is 104 Å². The van der Waals surface area contributed by atoms with Crippen molar-refractivity contribution < 1.29 is 9.59 Å². The van der Waals surface area contributed by atoms with Crippen LogP contribution < -0.4 is 16.6 Å². The lowest BCUT2D eigenvalue weighted by Crippen LogP contribution is -2.57. The minimum Gasteiger partial charge on any atom is -0.353 e. The van der Waals surface area contributed by atoms with Crippen LogP contribution in [0.25, 0.3) is 0 Å². The van der Waals surface area contributed by atoms with E-state index < -0.39 is 17.3 Å². The predicted octanol–water partition coefficient (Wildman–Crippen LogP) is -1.73. The summed E-state index contributed by atoms with van der Waals surface area (Å²) < 4.78 is 1.11. The van der Waals surface area contributed by atoms with Crippen LogP contribution in [0.2, 0.25) is 0 Å². The molecule has 0 aliphatic carbocycles. The second-order valence-electron chi connectivity index (χ2n) is 4.54. The van der Waals surface area contributed by atoms with Crippen LogP contribution >= 0.6 is 0 Å². The zero-order valence-corrected chi connectivity index (χ0v) is 11.1. The number of amides is 2. The van der Waals surface area contributed by atoms with Crippen molar-refractivity contribution in [3.05, 3.63) is 33.1 Å². The maximum Gasteiger partial charge on any atom is 0.328 e. The van der Waals surface area contributed by atoms with Crippen LogP contribution in [0.15, 0.2) is 21.9 Å². The van der Waals surface area contributed by atoms with E-state index in [0.29, 0.717) is 19.5 Å². The Morgan fingerprint density at radius 3 is 2.80 bits per heavy atom. The molecular formula is C12H16N4O4. The van der Waals surface area contributed by atoms with Crippen molar-refractivity contribution in [2.75, 3.05) is 13.1 Å². The van der Waals surface area contributed by atoms with Crippen molar-refractivity contribution in [2.24, 2.45) is 0 Å². The van der Waals surface area contributed by atoms with E-state index in [2.05, 4.69) is 10.3 Å². The second kappa shape index (κ2) is 5.72. The summed E-state index contributed by atoms with van der Waals surface area (Å²) in [7, 11) is 0. The number of hydrogen-bond acceptors (Lipinski definition) is 4. The summed E-state index contributed by atoms with van der Waals surface area (Å²) in [5.74, 6) is -0.498. The number of carbonyl (C=O) groups excluding carboxylic acids is 2. The van der Waals surface area contributed by atoms with Gasteiger partial charge in [-0.25, -0.2) is 4.79 Å². The van der Waals surface area contributed by atoms with E-state index in [-0.39, 0.29) is 18.4 Å². The molecule has 0 radical (unpaired) electrons. The predicted molar refractivity (Wildman–Crippen MR) is 70.1 cm³/mol. The van der Waals surface area contributed by atoms with Crippen LogP contribution in [-0.4, -0.2) is 45.4 Å². The van der Waals surface area contributed by atoms with Gasteiger partial charge in [0.2, 0.25) is 11.8 Å². The number of carbonyl (C=O) groups is 2. The summed E-state index contributed by atoms with van der Waals surface area (Å²) in [4.78, 5) is 49.9. The fourth-order valence-corrected chi connectivity index (χ4v) is 2.22.